The van der Waals surface area contributed by atoms with E-state index in [0.717, 1.165) is 0 Å². The summed E-state index contributed by atoms with van der Waals surface area (Å²) >= 11 is 0. The molecule has 6 nitrogen and oxygen atoms in total. The standard InChI is InChI=1S/C11H20N2O4/c1-7(9(15)17-5)13-8(14)6-12-10(16)11(2,3)4/h7H,6H2,1-5H3,(H,12,16)(H,13,14). The number of nitrogens with one attached hydrogen (secondary N) is 2. The summed E-state index contributed by atoms with van der Waals surface area (Å²) in [4.78, 5) is 33.9. The zero-order chi connectivity index (χ0) is 13.6. The molecule has 0 spiro atoms. The van der Waals surface area contributed by atoms with E-state index in [2.05, 4.69) is 15.4 Å². The van der Waals surface area contributed by atoms with E-state index in [1.165, 1.54) is 14.0 Å². The second-order valence-electron chi connectivity index (χ2n) is 4.75. The Labute approximate surface area is 101 Å². The maximum absolute atomic E-state index is 11.5. The molecule has 1 unspecified atom stereocenters. The predicted octanol–water partition coefficient (Wildman–Crippen LogP) is -0.174. The van der Waals surface area contributed by atoms with Gasteiger partial charge in [-0.15, -0.1) is 0 Å². The molecule has 0 aliphatic rings. The number of hydrogen-bond donors (Lipinski definition) is 2. The van der Waals surface area contributed by atoms with E-state index in [1.54, 1.807) is 20.8 Å². The van der Waals surface area contributed by atoms with Crippen LogP contribution in [-0.2, 0) is 19.1 Å². The first-order chi connectivity index (χ1) is 7.68. The van der Waals surface area contributed by atoms with Gasteiger partial charge in [0.25, 0.3) is 0 Å². The number of carbonyl (C=O) groups excluding carboxylic acids is 3. The number of methoxy groups -OCH3 is 1. The van der Waals surface area contributed by atoms with Crippen molar-refractivity contribution < 1.29 is 19.1 Å². The fraction of sp³-hybridized carbons (Fsp3) is 0.727. The van der Waals surface area contributed by atoms with Crippen molar-refractivity contribution in [2.24, 2.45) is 5.41 Å². The van der Waals surface area contributed by atoms with Gasteiger partial charge >= 0.3 is 5.97 Å². The molecule has 0 aromatic carbocycles. The second-order valence-corrected chi connectivity index (χ2v) is 4.75. The van der Waals surface area contributed by atoms with E-state index in [4.69, 9.17) is 0 Å². The Bertz CT molecular complexity index is 307. The molecular weight excluding hydrogens is 224 g/mol. The van der Waals surface area contributed by atoms with Crippen molar-refractivity contribution in [2.75, 3.05) is 13.7 Å². The highest BCUT2D eigenvalue weighted by molar-refractivity contribution is 5.89. The average Bonchev–Trinajstić information content (AvgIpc) is 2.23. The smallest absolute Gasteiger partial charge is 0.328 e. The fourth-order valence-electron chi connectivity index (χ4n) is 0.954. The minimum Gasteiger partial charge on any atom is -0.467 e. The number of hydrogen-bond acceptors (Lipinski definition) is 4. The highest BCUT2D eigenvalue weighted by atomic mass is 16.5. The van der Waals surface area contributed by atoms with Crippen LogP contribution in [0.2, 0.25) is 0 Å². The van der Waals surface area contributed by atoms with Gasteiger partial charge in [0.2, 0.25) is 11.8 Å². The van der Waals surface area contributed by atoms with Gasteiger partial charge in [0, 0.05) is 5.41 Å². The summed E-state index contributed by atoms with van der Waals surface area (Å²) in [5.41, 5.74) is -0.547. The van der Waals surface area contributed by atoms with E-state index < -0.39 is 23.3 Å². The molecule has 0 radical (unpaired) electrons. The van der Waals surface area contributed by atoms with Gasteiger partial charge in [-0.3, -0.25) is 9.59 Å². The van der Waals surface area contributed by atoms with Crippen molar-refractivity contribution in [3.63, 3.8) is 0 Å². The van der Waals surface area contributed by atoms with E-state index in [-0.39, 0.29) is 12.5 Å². The first-order valence-corrected chi connectivity index (χ1v) is 5.34. The molecule has 6 heteroatoms. The zero-order valence-electron chi connectivity index (χ0n) is 10.9. The number of rotatable bonds is 4. The first kappa shape index (κ1) is 15.4. The molecule has 2 N–H and O–H groups in total. The summed E-state index contributed by atoms with van der Waals surface area (Å²) in [7, 11) is 1.24. The summed E-state index contributed by atoms with van der Waals surface area (Å²) in [5, 5.41) is 4.89. The molecule has 0 saturated heterocycles. The van der Waals surface area contributed by atoms with Gasteiger partial charge < -0.3 is 15.4 Å². The lowest BCUT2D eigenvalue weighted by Gasteiger charge is -2.18. The molecule has 0 aromatic rings. The molecule has 0 aliphatic heterocycles. The molecule has 0 aliphatic carbocycles. The van der Waals surface area contributed by atoms with Crippen LogP contribution in [0.15, 0.2) is 0 Å². The van der Waals surface area contributed by atoms with E-state index in [0.29, 0.717) is 0 Å². The summed E-state index contributed by atoms with van der Waals surface area (Å²) in [6.07, 6.45) is 0. The van der Waals surface area contributed by atoms with Crippen LogP contribution in [-0.4, -0.2) is 37.5 Å². The largest absolute Gasteiger partial charge is 0.467 e. The number of ether oxygens (including phenoxy) is 1. The van der Waals surface area contributed by atoms with Crippen molar-refractivity contribution in [2.45, 2.75) is 33.7 Å². The lowest BCUT2D eigenvalue weighted by Crippen LogP contribution is -2.46. The van der Waals surface area contributed by atoms with Crippen LogP contribution in [0.5, 0.6) is 0 Å². The third kappa shape index (κ3) is 5.89. The molecule has 98 valence electrons. The maximum atomic E-state index is 11.5. The number of amides is 2. The van der Waals surface area contributed by atoms with Crippen molar-refractivity contribution >= 4 is 17.8 Å². The highest BCUT2D eigenvalue weighted by Crippen LogP contribution is 2.11. The van der Waals surface area contributed by atoms with Crippen molar-refractivity contribution in [1.82, 2.24) is 10.6 Å². The normalized spacial score (nSPS) is 12.5. The molecule has 0 saturated carbocycles. The van der Waals surface area contributed by atoms with Crippen LogP contribution in [0.4, 0.5) is 0 Å². The van der Waals surface area contributed by atoms with Crippen LogP contribution >= 0.6 is 0 Å². The lowest BCUT2D eigenvalue weighted by molar-refractivity contribution is -0.144. The van der Waals surface area contributed by atoms with E-state index in [9.17, 15) is 14.4 Å². The molecule has 0 rings (SSSR count). The van der Waals surface area contributed by atoms with Gasteiger partial charge in [-0.1, -0.05) is 20.8 Å². The Balaban J connectivity index is 4.05. The van der Waals surface area contributed by atoms with Crippen molar-refractivity contribution in [1.29, 1.82) is 0 Å². The van der Waals surface area contributed by atoms with Crippen molar-refractivity contribution in [3.8, 4) is 0 Å². The number of carbonyl (C=O) groups is 3. The lowest BCUT2D eigenvalue weighted by atomic mass is 9.96. The SMILES string of the molecule is COC(=O)C(C)NC(=O)CNC(=O)C(C)(C)C. The third-order valence-corrected chi connectivity index (χ3v) is 2.02. The number of esters is 1. The molecular formula is C11H20N2O4. The van der Waals surface area contributed by atoms with Gasteiger partial charge in [0.15, 0.2) is 0 Å². The Morgan fingerprint density at radius 3 is 2.18 bits per heavy atom. The molecule has 0 heterocycles. The fourth-order valence-corrected chi connectivity index (χ4v) is 0.954. The first-order valence-electron chi connectivity index (χ1n) is 5.34. The Morgan fingerprint density at radius 1 is 1.24 bits per heavy atom. The molecule has 0 bridgehead atoms. The van der Waals surface area contributed by atoms with Crippen LogP contribution in [0.25, 0.3) is 0 Å². The molecule has 17 heavy (non-hydrogen) atoms. The minimum absolute atomic E-state index is 0.155. The Morgan fingerprint density at radius 2 is 1.76 bits per heavy atom. The topological polar surface area (TPSA) is 84.5 Å². The molecule has 0 fully saturated rings. The average molecular weight is 244 g/mol. The highest BCUT2D eigenvalue weighted by Gasteiger charge is 2.22. The van der Waals surface area contributed by atoms with Crippen LogP contribution < -0.4 is 10.6 Å². The van der Waals surface area contributed by atoms with Crippen molar-refractivity contribution in [3.05, 3.63) is 0 Å². The Kier molecular flexibility index (Phi) is 5.64. The molecule has 0 aromatic heterocycles. The van der Waals surface area contributed by atoms with E-state index in [1.807, 2.05) is 0 Å². The molecule has 2 amide bonds. The van der Waals surface area contributed by atoms with Gasteiger partial charge in [-0.25, -0.2) is 4.79 Å². The second kappa shape index (κ2) is 6.22. The zero-order valence-corrected chi connectivity index (χ0v) is 10.9. The third-order valence-electron chi connectivity index (χ3n) is 2.02. The molecule has 1 atom stereocenters. The van der Waals surface area contributed by atoms with Gasteiger partial charge in [-0.2, -0.15) is 0 Å². The summed E-state index contributed by atoms with van der Waals surface area (Å²) in [5.74, 6) is -1.18. The monoisotopic (exact) mass is 244 g/mol. The summed E-state index contributed by atoms with van der Waals surface area (Å²) in [6, 6.07) is -0.723. The quantitative estimate of drug-likeness (QED) is 0.672. The van der Waals surface area contributed by atoms with Gasteiger partial charge in [0.1, 0.15) is 6.04 Å². The van der Waals surface area contributed by atoms with Gasteiger partial charge in [0.05, 0.1) is 13.7 Å². The minimum atomic E-state index is -0.723. The summed E-state index contributed by atoms with van der Waals surface area (Å²) < 4.78 is 4.45. The van der Waals surface area contributed by atoms with Crippen LogP contribution in [0.1, 0.15) is 27.7 Å². The Hall–Kier alpha value is -1.59. The predicted molar refractivity (Wildman–Crippen MR) is 62.1 cm³/mol. The summed E-state index contributed by atoms with van der Waals surface area (Å²) in [6.45, 7) is 6.60. The maximum Gasteiger partial charge on any atom is 0.328 e. The van der Waals surface area contributed by atoms with Crippen LogP contribution in [0.3, 0.4) is 0 Å². The van der Waals surface area contributed by atoms with Gasteiger partial charge in [-0.05, 0) is 6.92 Å². The van der Waals surface area contributed by atoms with E-state index >= 15 is 0 Å². The van der Waals surface area contributed by atoms with Crippen LogP contribution in [0, 0.1) is 5.41 Å².